The monoisotopic (exact) mass is 626 g/mol. The number of hydrogen-bond acceptors (Lipinski definition) is 8. The maximum atomic E-state index is 13.5. The summed E-state index contributed by atoms with van der Waals surface area (Å²) in [7, 11) is 0. The first kappa shape index (κ1) is 36.2. The van der Waals surface area contributed by atoms with Gasteiger partial charge in [-0.3, -0.25) is 28.8 Å². The summed E-state index contributed by atoms with van der Waals surface area (Å²) in [5, 5.41) is 28.6. The number of carbonyl (C=O) groups is 6. The smallest absolute Gasteiger partial charge is 0.303 e. The van der Waals surface area contributed by atoms with E-state index in [1.165, 1.54) is 19.1 Å². The van der Waals surface area contributed by atoms with Gasteiger partial charge in [0.1, 0.15) is 29.9 Å². The zero-order chi connectivity index (χ0) is 33.7. The van der Waals surface area contributed by atoms with Gasteiger partial charge in [-0.1, -0.05) is 56.3 Å². The maximum Gasteiger partial charge on any atom is 0.303 e. The van der Waals surface area contributed by atoms with Gasteiger partial charge < -0.3 is 42.9 Å². The van der Waals surface area contributed by atoms with Gasteiger partial charge in [0, 0.05) is 12.8 Å². The Kier molecular flexibility index (Phi) is 14.0. The fourth-order valence-corrected chi connectivity index (χ4v) is 4.32. The number of amides is 5. The summed E-state index contributed by atoms with van der Waals surface area (Å²) in [5.74, 6) is -5.22. The van der Waals surface area contributed by atoms with Crippen LogP contribution in [-0.4, -0.2) is 75.9 Å². The minimum absolute atomic E-state index is 0.0500. The van der Waals surface area contributed by atoms with Gasteiger partial charge in [0.25, 0.3) is 0 Å². The van der Waals surface area contributed by atoms with Crippen molar-refractivity contribution in [2.75, 3.05) is 0 Å². The number of benzene rings is 2. The summed E-state index contributed by atoms with van der Waals surface area (Å²) < 4.78 is 0. The Hall–Kier alpha value is -4.98. The van der Waals surface area contributed by atoms with Crippen LogP contribution in [-0.2, 0) is 41.6 Å². The van der Waals surface area contributed by atoms with Crippen molar-refractivity contribution in [3.05, 3.63) is 65.7 Å². The van der Waals surface area contributed by atoms with Gasteiger partial charge in [0.05, 0.1) is 6.04 Å². The number of primary amides is 1. The topological polar surface area (TPSA) is 243 Å². The van der Waals surface area contributed by atoms with Crippen LogP contribution in [0.25, 0.3) is 0 Å². The quantitative estimate of drug-likeness (QED) is 0.112. The van der Waals surface area contributed by atoms with Crippen molar-refractivity contribution in [2.45, 2.75) is 76.7 Å². The van der Waals surface area contributed by atoms with Crippen molar-refractivity contribution in [3.63, 3.8) is 0 Å². The number of nitrogens with two attached hydrogens (primary N) is 2. The Balaban J connectivity index is 2.14. The molecule has 0 aliphatic heterocycles. The number of phenols is 1. The SMILES string of the molecule is CC(C)[C@H](NC(=O)[C@H](Cc1ccccc1)NC(=O)[C@H](C)NC(=O)[C@@H](N)Cc1ccc(O)cc1)C(=O)N[C@@H](CCC(=O)O)C(N)=O. The lowest BCUT2D eigenvalue weighted by Crippen LogP contribution is -2.59. The number of phenolic OH excluding ortho intramolecular Hbond substituents is 1. The largest absolute Gasteiger partial charge is 0.508 e. The number of carboxylic acid groups (broad SMARTS) is 1. The molecule has 0 radical (unpaired) electrons. The molecule has 5 atom stereocenters. The van der Waals surface area contributed by atoms with E-state index in [1.807, 2.05) is 0 Å². The molecule has 10 N–H and O–H groups in total. The summed E-state index contributed by atoms with van der Waals surface area (Å²) in [5.41, 5.74) is 12.8. The molecular weight excluding hydrogens is 584 g/mol. The Bertz CT molecular complexity index is 1340. The van der Waals surface area contributed by atoms with Gasteiger partial charge >= 0.3 is 5.97 Å². The Morgan fingerprint density at radius 1 is 0.711 bits per heavy atom. The van der Waals surface area contributed by atoms with Gasteiger partial charge in [-0.05, 0) is 48.9 Å². The molecule has 0 heterocycles. The summed E-state index contributed by atoms with van der Waals surface area (Å²) in [4.78, 5) is 75.2. The molecule has 0 aliphatic rings. The molecule has 14 heteroatoms. The third kappa shape index (κ3) is 12.3. The maximum absolute atomic E-state index is 13.5. The van der Waals surface area contributed by atoms with Crippen LogP contribution in [0.1, 0.15) is 44.7 Å². The van der Waals surface area contributed by atoms with Gasteiger partial charge in [-0.2, -0.15) is 0 Å². The second kappa shape index (κ2) is 17.3. The van der Waals surface area contributed by atoms with Crippen LogP contribution in [0.5, 0.6) is 5.75 Å². The van der Waals surface area contributed by atoms with E-state index in [0.29, 0.717) is 11.1 Å². The van der Waals surface area contributed by atoms with Crippen molar-refractivity contribution in [3.8, 4) is 5.75 Å². The van der Waals surface area contributed by atoms with Crippen molar-refractivity contribution < 1.29 is 39.0 Å². The molecule has 2 aromatic rings. The minimum Gasteiger partial charge on any atom is -0.508 e. The van der Waals surface area contributed by atoms with Crippen LogP contribution in [0, 0.1) is 5.92 Å². The molecular formula is C31H42N6O8. The van der Waals surface area contributed by atoms with Crippen LogP contribution in [0.4, 0.5) is 0 Å². The Morgan fingerprint density at radius 3 is 1.84 bits per heavy atom. The first-order valence-corrected chi connectivity index (χ1v) is 14.5. The van der Waals surface area contributed by atoms with Crippen molar-refractivity contribution in [1.29, 1.82) is 0 Å². The fraction of sp³-hybridized carbons (Fsp3) is 0.419. The average molecular weight is 627 g/mol. The van der Waals surface area contributed by atoms with Gasteiger partial charge in [-0.15, -0.1) is 0 Å². The second-order valence-electron chi connectivity index (χ2n) is 11.1. The molecule has 0 saturated carbocycles. The van der Waals surface area contributed by atoms with E-state index in [0.717, 1.165) is 0 Å². The van der Waals surface area contributed by atoms with Gasteiger partial charge in [0.2, 0.25) is 29.5 Å². The molecule has 2 aromatic carbocycles. The van der Waals surface area contributed by atoms with E-state index in [1.54, 1.807) is 56.3 Å². The number of carboxylic acids is 1. The van der Waals surface area contributed by atoms with E-state index in [-0.39, 0.29) is 25.0 Å². The summed E-state index contributed by atoms with van der Waals surface area (Å²) in [6, 6.07) is 9.35. The first-order valence-electron chi connectivity index (χ1n) is 14.5. The number of rotatable bonds is 17. The third-order valence-electron chi connectivity index (χ3n) is 6.95. The van der Waals surface area contributed by atoms with Crippen LogP contribution < -0.4 is 32.7 Å². The van der Waals surface area contributed by atoms with E-state index < -0.39 is 78.1 Å². The Morgan fingerprint density at radius 2 is 1.29 bits per heavy atom. The number of carbonyl (C=O) groups excluding carboxylic acids is 5. The normalized spacial score (nSPS) is 14.2. The molecule has 0 unspecified atom stereocenters. The van der Waals surface area contributed by atoms with Crippen LogP contribution in [0.15, 0.2) is 54.6 Å². The van der Waals surface area contributed by atoms with Crippen molar-refractivity contribution >= 4 is 35.5 Å². The lowest BCUT2D eigenvalue weighted by atomic mass is 10.00. The number of aromatic hydroxyl groups is 1. The first-order chi connectivity index (χ1) is 21.2. The highest BCUT2D eigenvalue weighted by atomic mass is 16.4. The lowest BCUT2D eigenvalue weighted by Gasteiger charge is -2.27. The zero-order valence-corrected chi connectivity index (χ0v) is 25.5. The molecule has 14 nitrogen and oxygen atoms in total. The number of nitrogens with one attached hydrogen (secondary N) is 4. The van der Waals surface area contributed by atoms with E-state index in [9.17, 15) is 33.9 Å². The summed E-state index contributed by atoms with van der Waals surface area (Å²) >= 11 is 0. The van der Waals surface area contributed by atoms with Crippen LogP contribution in [0.2, 0.25) is 0 Å². The van der Waals surface area contributed by atoms with Crippen molar-refractivity contribution in [1.82, 2.24) is 21.3 Å². The molecule has 45 heavy (non-hydrogen) atoms. The van der Waals surface area contributed by atoms with E-state index in [4.69, 9.17) is 16.6 Å². The van der Waals surface area contributed by atoms with Crippen molar-refractivity contribution in [2.24, 2.45) is 17.4 Å². The molecule has 0 fully saturated rings. The predicted molar refractivity (Wildman–Crippen MR) is 164 cm³/mol. The molecule has 244 valence electrons. The summed E-state index contributed by atoms with van der Waals surface area (Å²) in [6.45, 7) is 4.75. The highest BCUT2D eigenvalue weighted by Crippen LogP contribution is 2.11. The molecule has 0 saturated heterocycles. The minimum atomic E-state index is -1.27. The van der Waals surface area contributed by atoms with Gasteiger partial charge in [-0.25, -0.2) is 0 Å². The highest BCUT2D eigenvalue weighted by Gasteiger charge is 2.32. The van der Waals surface area contributed by atoms with Crippen LogP contribution >= 0.6 is 0 Å². The fourth-order valence-electron chi connectivity index (χ4n) is 4.32. The summed E-state index contributed by atoms with van der Waals surface area (Å²) in [6.07, 6.45) is -0.433. The second-order valence-corrected chi connectivity index (χ2v) is 11.1. The molecule has 0 bridgehead atoms. The number of aliphatic carboxylic acids is 1. The molecule has 0 aromatic heterocycles. The predicted octanol–water partition coefficient (Wildman–Crippen LogP) is -0.530. The highest BCUT2D eigenvalue weighted by molar-refractivity contribution is 5.96. The van der Waals surface area contributed by atoms with Gasteiger partial charge in [0.15, 0.2) is 0 Å². The molecule has 2 rings (SSSR count). The van der Waals surface area contributed by atoms with E-state index in [2.05, 4.69) is 21.3 Å². The standard InChI is InChI=1S/C31H42N6O8/c1-17(2)26(31(45)35-23(27(33)41)13-14-25(39)40)37-30(44)24(16-19-7-5-4-6-8-19)36-28(42)18(3)34-29(43)22(32)15-20-9-11-21(38)12-10-20/h4-12,17-18,22-24,26,38H,13-16,32H2,1-3H3,(H2,33,41)(H,34,43)(H,35,45)(H,36,42)(H,37,44)(H,39,40)/t18-,22-,23-,24-,26-/m0/s1. The molecule has 0 spiro atoms. The Labute approximate surface area is 261 Å². The third-order valence-corrected chi connectivity index (χ3v) is 6.95. The van der Waals surface area contributed by atoms with Crippen LogP contribution in [0.3, 0.4) is 0 Å². The average Bonchev–Trinajstić information content (AvgIpc) is 2.98. The lowest BCUT2D eigenvalue weighted by molar-refractivity contribution is -0.138. The van der Waals surface area contributed by atoms with E-state index >= 15 is 0 Å². The molecule has 5 amide bonds. The molecule has 0 aliphatic carbocycles. The number of hydrogen-bond donors (Lipinski definition) is 8. The zero-order valence-electron chi connectivity index (χ0n) is 25.5.